The van der Waals surface area contributed by atoms with Crippen LogP contribution in [-0.4, -0.2) is 40.8 Å². The minimum absolute atomic E-state index is 0.0408. The van der Waals surface area contributed by atoms with Crippen LogP contribution in [0.2, 0.25) is 0 Å². The molecular formula is C22H26N4O2S2. The Hall–Kier alpha value is -2.45. The fraction of sp³-hybridized carbons (Fsp3) is 0.409. The summed E-state index contributed by atoms with van der Waals surface area (Å²) in [7, 11) is 0. The lowest BCUT2D eigenvalue weighted by Crippen LogP contribution is -2.45. The van der Waals surface area contributed by atoms with E-state index in [0.29, 0.717) is 16.2 Å². The number of nitrogens with one attached hydrogen (secondary N) is 1. The van der Waals surface area contributed by atoms with Crippen LogP contribution < -0.4 is 11.1 Å². The van der Waals surface area contributed by atoms with Crippen molar-refractivity contribution in [1.29, 1.82) is 0 Å². The number of primary amides is 1. The van der Waals surface area contributed by atoms with Crippen LogP contribution in [0.1, 0.15) is 56.8 Å². The summed E-state index contributed by atoms with van der Waals surface area (Å²) in [5.74, 6) is -0.354. The molecule has 0 unspecified atom stereocenters. The standard InChI is InChI=1S/C22H26N4O2S2/c1-3-24-22-25-13(2)18(30-22)21(28)26-11-7-6-8-14(26)12-16-15-9-4-5-10-17(15)29-19(16)20(23)27/h4-5,9-10,14H,3,6-8,11-12H2,1-2H3,(H2,23,27)(H,24,25)/t14-/m0/s1. The Morgan fingerprint density at radius 2 is 2.03 bits per heavy atom. The monoisotopic (exact) mass is 442 g/mol. The molecule has 1 aliphatic rings. The Balaban J connectivity index is 1.65. The molecule has 3 N–H and O–H groups in total. The van der Waals surface area contributed by atoms with Gasteiger partial charge in [-0.05, 0) is 56.5 Å². The zero-order valence-electron chi connectivity index (χ0n) is 17.2. The maximum absolute atomic E-state index is 13.4. The van der Waals surface area contributed by atoms with Crippen molar-refractivity contribution in [1.82, 2.24) is 9.88 Å². The van der Waals surface area contributed by atoms with Gasteiger partial charge in [0.15, 0.2) is 5.13 Å². The molecule has 1 aliphatic heterocycles. The summed E-state index contributed by atoms with van der Waals surface area (Å²) in [4.78, 5) is 33.3. The molecule has 8 heteroatoms. The number of piperidine rings is 1. The Kier molecular flexibility index (Phi) is 6.06. The second-order valence-electron chi connectivity index (χ2n) is 7.59. The summed E-state index contributed by atoms with van der Waals surface area (Å²) >= 11 is 2.86. The van der Waals surface area contributed by atoms with E-state index >= 15 is 0 Å². The number of anilines is 1. The lowest BCUT2D eigenvalue weighted by Gasteiger charge is -2.36. The lowest BCUT2D eigenvalue weighted by atomic mass is 9.93. The number of thiophene rings is 1. The molecule has 6 nitrogen and oxygen atoms in total. The first-order valence-corrected chi connectivity index (χ1v) is 11.9. The highest BCUT2D eigenvalue weighted by molar-refractivity contribution is 7.21. The van der Waals surface area contributed by atoms with Crippen molar-refractivity contribution in [3.05, 3.63) is 45.3 Å². The quantitative estimate of drug-likeness (QED) is 0.591. The van der Waals surface area contributed by atoms with E-state index in [1.54, 1.807) is 0 Å². The molecule has 1 saturated heterocycles. The van der Waals surface area contributed by atoms with Gasteiger partial charge < -0.3 is 16.0 Å². The molecular weight excluding hydrogens is 416 g/mol. The molecule has 4 rings (SSSR count). The highest BCUT2D eigenvalue weighted by Gasteiger charge is 2.31. The number of carbonyl (C=O) groups excluding carboxylic acids is 2. The Labute approximate surface area is 184 Å². The average molecular weight is 443 g/mol. The maximum atomic E-state index is 13.4. The fourth-order valence-electron chi connectivity index (χ4n) is 4.17. The average Bonchev–Trinajstić information content (AvgIpc) is 3.29. The van der Waals surface area contributed by atoms with Gasteiger partial charge in [-0.2, -0.15) is 0 Å². The molecule has 0 aliphatic carbocycles. The van der Waals surface area contributed by atoms with Crippen LogP contribution in [0, 0.1) is 6.92 Å². The van der Waals surface area contributed by atoms with Gasteiger partial charge >= 0.3 is 0 Å². The molecule has 1 fully saturated rings. The van der Waals surface area contributed by atoms with E-state index in [0.717, 1.165) is 58.8 Å². The summed E-state index contributed by atoms with van der Waals surface area (Å²) in [6.07, 6.45) is 3.64. The molecule has 0 spiro atoms. The van der Waals surface area contributed by atoms with Gasteiger partial charge in [-0.3, -0.25) is 9.59 Å². The van der Waals surface area contributed by atoms with Gasteiger partial charge in [0, 0.05) is 23.8 Å². The Bertz CT molecular complexity index is 1090. The van der Waals surface area contributed by atoms with Crippen molar-refractivity contribution in [2.45, 2.75) is 45.6 Å². The van der Waals surface area contributed by atoms with Crippen molar-refractivity contribution >= 4 is 49.7 Å². The topological polar surface area (TPSA) is 88.3 Å². The minimum Gasteiger partial charge on any atom is -0.365 e. The number of aryl methyl sites for hydroxylation is 1. The third kappa shape index (κ3) is 3.94. The van der Waals surface area contributed by atoms with Crippen LogP contribution in [0.15, 0.2) is 24.3 Å². The van der Waals surface area contributed by atoms with E-state index < -0.39 is 5.91 Å². The van der Waals surface area contributed by atoms with Crippen LogP contribution in [0.3, 0.4) is 0 Å². The first-order valence-electron chi connectivity index (χ1n) is 10.3. The Morgan fingerprint density at radius 1 is 1.23 bits per heavy atom. The van der Waals surface area contributed by atoms with Crippen LogP contribution in [-0.2, 0) is 6.42 Å². The SMILES string of the molecule is CCNc1nc(C)c(C(=O)N2CCCC[C@H]2Cc2c(C(N)=O)sc3ccccc23)s1. The smallest absolute Gasteiger partial charge is 0.266 e. The van der Waals surface area contributed by atoms with Crippen molar-refractivity contribution in [2.24, 2.45) is 5.73 Å². The van der Waals surface area contributed by atoms with Crippen molar-refractivity contribution in [3.63, 3.8) is 0 Å². The number of thiazole rings is 1. The van der Waals surface area contributed by atoms with Crippen LogP contribution in [0.4, 0.5) is 5.13 Å². The summed E-state index contributed by atoms with van der Waals surface area (Å²) in [6, 6.07) is 8.06. The first-order chi connectivity index (χ1) is 14.5. The number of benzene rings is 1. The Morgan fingerprint density at radius 3 is 2.80 bits per heavy atom. The maximum Gasteiger partial charge on any atom is 0.266 e. The van der Waals surface area contributed by atoms with Crippen molar-refractivity contribution in [3.8, 4) is 0 Å². The number of aromatic nitrogens is 1. The lowest BCUT2D eigenvalue weighted by molar-refractivity contribution is 0.0618. The van der Waals surface area contributed by atoms with E-state index in [-0.39, 0.29) is 11.9 Å². The number of hydrogen-bond donors (Lipinski definition) is 2. The molecule has 0 saturated carbocycles. The van der Waals surface area contributed by atoms with E-state index in [4.69, 9.17) is 5.73 Å². The first kappa shape index (κ1) is 20.8. The third-order valence-electron chi connectivity index (χ3n) is 5.57. The molecule has 158 valence electrons. The number of carbonyl (C=O) groups is 2. The van der Waals surface area contributed by atoms with Gasteiger partial charge in [-0.25, -0.2) is 4.98 Å². The molecule has 2 aromatic heterocycles. The summed E-state index contributed by atoms with van der Waals surface area (Å²) < 4.78 is 1.06. The molecule has 1 atom stereocenters. The van der Waals surface area contributed by atoms with E-state index in [1.165, 1.54) is 22.7 Å². The van der Waals surface area contributed by atoms with Crippen LogP contribution in [0.25, 0.3) is 10.1 Å². The number of rotatable bonds is 6. The normalized spacial score (nSPS) is 16.7. The van der Waals surface area contributed by atoms with Crippen LogP contribution >= 0.6 is 22.7 Å². The summed E-state index contributed by atoms with van der Waals surface area (Å²) in [6.45, 7) is 5.40. The highest BCUT2D eigenvalue weighted by Crippen LogP contribution is 2.35. The molecule has 3 heterocycles. The molecule has 0 bridgehead atoms. The van der Waals surface area contributed by atoms with E-state index in [1.807, 2.05) is 43.0 Å². The zero-order chi connectivity index (χ0) is 21.3. The third-order valence-corrected chi connectivity index (χ3v) is 7.90. The summed E-state index contributed by atoms with van der Waals surface area (Å²) in [5, 5.41) is 5.05. The number of nitrogens with zero attached hydrogens (tertiary/aromatic N) is 2. The predicted molar refractivity (Wildman–Crippen MR) is 124 cm³/mol. The van der Waals surface area contributed by atoms with Crippen molar-refractivity contribution < 1.29 is 9.59 Å². The number of fused-ring (bicyclic) bond motifs is 1. The molecule has 2 amide bonds. The van der Waals surface area contributed by atoms with Gasteiger partial charge in [-0.15, -0.1) is 11.3 Å². The second-order valence-corrected chi connectivity index (χ2v) is 9.64. The predicted octanol–water partition coefficient (Wildman–Crippen LogP) is 4.43. The van der Waals surface area contributed by atoms with Gasteiger partial charge in [0.2, 0.25) is 0 Å². The van der Waals surface area contributed by atoms with Gasteiger partial charge in [0.05, 0.1) is 10.6 Å². The highest BCUT2D eigenvalue weighted by atomic mass is 32.1. The van der Waals surface area contributed by atoms with Crippen LogP contribution in [0.5, 0.6) is 0 Å². The number of hydrogen-bond acceptors (Lipinski definition) is 6. The number of amides is 2. The van der Waals surface area contributed by atoms with E-state index in [9.17, 15) is 9.59 Å². The second kappa shape index (κ2) is 8.73. The summed E-state index contributed by atoms with van der Waals surface area (Å²) in [5.41, 5.74) is 7.44. The van der Waals surface area contributed by atoms with Crippen molar-refractivity contribution in [2.75, 3.05) is 18.4 Å². The molecule has 0 radical (unpaired) electrons. The largest absolute Gasteiger partial charge is 0.365 e. The molecule has 30 heavy (non-hydrogen) atoms. The molecule has 3 aromatic rings. The number of nitrogens with two attached hydrogens (primary N) is 1. The minimum atomic E-state index is -0.395. The van der Waals surface area contributed by atoms with E-state index in [2.05, 4.69) is 10.3 Å². The number of likely N-dealkylation sites (tertiary alicyclic amines) is 1. The van der Waals surface area contributed by atoms with Gasteiger partial charge in [0.25, 0.3) is 11.8 Å². The van der Waals surface area contributed by atoms with Gasteiger partial charge in [-0.1, -0.05) is 29.5 Å². The zero-order valence-corrected chi connectivity index (χ0v) is 18.9. The van der Waals surface area contributed by atoms with Gasteiger partial charge in [0.1, 0.15) is 4.88 Å². The fourth-order valence-corrected chi connectivity index (χ4v) is 6.24. The molecule has 1 aromatic carbocycles.